The van der Waals surface area contributed by atoms with Gasteiger partial charge in [-0.1, -0.05) is 26.0 Å². The smallest absolute Gasteiger partial charge is 0.387 e. The fourth-order valence-electron chi connectivity index (χ4n) is 2.07. The highest BCUT2D eigenvalue weighted by Gasteiger charge is 2.23. The van der Waals surface area contributed by atoms with Gasteiger partial charge in [0.2, 0.25) is 5.91 Å². The summed E-state index contributed by atoms with van der Waals surface area (Å²) >= 11 is 0. The molecule has 1 aromatic rings. The number of rotatable bonds is 7. The van der Waals surface area contributed by atoms with Crippen molar-refractivity contribution in [2.24, 2.45) is 17.6 Å². The Bertz CT molecular complexity index is 449. The van der Waals surface area contributed by atoms with Crippen molar-refractivity contribution < 1.29 is 18.3 Å². The summed E-state index contributed by atoms with van der Waals surface area (Å²) in [7, 11) is 1.71. The van der Waals surface area contributed by atoms with Gasteiger partial charge in [0.1, 0.15) is 5.75 Å². The highest BCUT2D eigenvalue weighted by Crippen LogP contribution is 2.17. The zero-order valence-electron chi connectivity index (χ0n) is 12.6. The minimum atomic E-state index is -2.84. The van der Waals surface area contributed by atoms with Crippen molar-refractivity contribution >= 4 is 5.91 Å². The maximum Gasteiger partial charge on any atom is 0.387 e. The van der Waals surface area contributed by atoms with Crippen LogP contribution in [0.5, 0.6) is 5.75 Å². The number of benzene rings is 1. The Morgan fingerprint density at radius 2 is 1.86 bits per heavy atom. The molecule has 0 bridgehead atoms. The minimum Gasteiger partial charge on any atom is -0.435 e. The van der Waals surface area contributed by atoms with E-state index in [0.29, 0.717) is 13.1 Å². The van der Waals surface area contributed by atoms with Gasteiger partial charge in [0, 0.05) is 20.1 Å². The molecule has 0 fully saturated rings. The first-order valence-electron chi connectivity index (χ1n) is 6.84. The molecule has 21 heavy (non-hydrogen) atoms. The lowest BCUT2D eigenvalue weighted by Crippen LogP contribution is -2.38. The second kappa shape index (κ2) is 7.93. The third-order valence-electron chi connectivity index (χ3n) is 3.32. The molecule has 1 amide bonds. The Morgan fingerprint density at radius 1 is 1.29 bits per heavy atom. The highest BCUT2D eigenvalue weighted by molar-refractivity contribution is 5.79. The van der Waals surface area contributed by atoms with Crippen molar-refractivity contribution in [1.82, 2.24) is 4.90 Å². The molecule has 0 spiro atoms. The van der Waals surface area contributed by atoms with Crippen LogP contribution in [0.15, 0.2) is 24.3 Å². The van der Waals surface area contributed by atoms with Crippen LogP contribution in [0.4, 0.5) is 8.78 Å². The maximum atomic E-state index is 12.3. The molecule has 118 valence electrons. The van der Waals surface area contributed by atoms with E-state index in [4.69, 9.17) is 5.73 Å². The number of alkyl halides is 2. The molecule has 6 heteroatoms. The molecular formula is C15H22F2N2O2. The number of nitrogens with two attached hydrogens (primary N) is 1. The summed E-state index contributed by atoms with van der Waals surface area (Å²) in [5.41, 5.74) is 6.48. The molecule has 0 saturated heterocycles. The van der Waals surface area contributed by atoms with E-state index in [1.54, 1.807) is 24.1 Å². The first-order valence-corrected chi connectivity index (χ1v) is 6.84. The predicted octanol–water partition coefficient (Wildman–Crippen LogP) is 2.48. The first-order chi connectivity index (χ1) is 9.85. The van der Waals surface area contributed by atoms with Crippen LogP contribution in [0.3, 0.4) is 0 Å². The van der Waals surface area contributed by atoms with Crippen LogP contribution >= 0.6 is 0 Å². The van der Waals surface area contributed by atoms with E-state index in [-0.39, 0.29) is 23.5 Å². The molecule has 4 nitrogen and oxygen atoms in total. The monoisotopic (exact) mass is 300 g/mol. The van der Waals surface area contributed by atoms with Crippen molar-refractivity contribution in [1.29, 1.82) is 0 Å². The van der Waals surface area contributed by atoms with E-state index >= 15 is 0 Å². The lowest BCUT2D eigenvalue weighted by atomic mass is 9.94. The van der Waals surface area contributed by atoms with Gasteiger partial charge < -0.3 is 15.4 Å². The minimum absolute atomic E-state index is 0.0135. The Labute approximate surface area is 123 Å². The number of carbonyl (C=O) groups excluding carboxylic acids is 1. The van der Waals surface area contributed by atoms with Gasteiger partial charge in [-0.3, -0.25) is 4.79 Å². The largest absolute Gasteiger partial charge is 0.435 e. The fraction of sp³-hybridized carbons (Fsp3) is 0.533. The van der Waals surface area contributed by atoms with Crippen LogP contribution < -0.4 is 10.5 Å². The molecule has 0 heterocycles. The van der Waals surface area contributed by atoms with Gasteiger partial charge in [-0.05, 0) is 23.6 Å². The Kier molecular flexibility index (Phi) is 6.55. The number of ether oxygens (including phenoxy) is 1. The summed E-state index contributed by atoms with van der Waals surface area (Å²) in [4.78, 5) is 13.9. The first kappa shape index (κ1) is 17.4. The van der Waals surface area contributed by atoms with E-state index in [1.165, 1.54) is 12.1 Å². The molecule has 0 aliphatic heterocycles. The van der Waals surface area contributed by atoms with Gasteiger partial charge in [0.15, 0.2) is 0 Å². The summed E-state index contributed by atoms with van der Waals surface area (Å²) in [6, 6.07) is 6.24. The van der Waals surface area contributed by atoms with Crippen LogP contribution in [-0.4, -0.2) is 31.0 Å². The summed E-state index contributed by atoms with van der Waals surface area (Å²) in [6.07, 6.45) is 0. The maximum absolute atomic E-state index is 12.3. The molecular weight excluding hydrogens is 278 g/mol. The molecule has 2 N–H and O–H groups in total. The molecule has 0 aliphatic carbocycles. The number of hydrogen-bond acceptors (Lipinski definition) is 3. The fourth-order valence-corrected chi connectivity index (χ4v) is 2.07. The van der Waals surface area contributed by atoms with Crippen LogP contribution in [0.25, 0.3) is 0 Å². The van der Waals surface area contributed by atoms with Crippen molar-refractivity contribution in [3.63, 3.8) is 0 Å². The second-order valence-corrected chi connectivity index (χ2v) is 5.30. The van der Waals surface area contributed by atoms with Crippen molar-refractivity contribution in [2.45, 2.75) is 27.0 Å². The van der Waals surface area contributed by atoms with Gasteiger partial charge in [-0.15, -0.1) is 0 Å². The highest BCUT2D eigenvalue weighted by atomic mass is 19.3. The topological polar surface area (TPSA) is 55.6 Å². The Morgan fingerprint density at radius 3 is 2.29 bits per heavy atom. The summed E-state index contributed by atoms with van der Waals surface area (Å²) in [6.45, 7) is 1.79. The van der Waals surface area contributed by atoms with Gasteiger partial charge in [0.05, 0.1) is 5.92 Å². The van der Waals surface area contributed by atoms with Crippen molar-refractivity contribution in [3.05, 3.63) is 29.8 Å². The van der Waals surface area contributed by atoms with Gasteiger partial charge in [-0.2, -0.15) is 8.78 Å². The molecule has 1 atom stereocenters. The lowest BCUT2D eigenvalue weighted by molar-refractivity contribution is -0.135. The number of halogens is 2. The van der Waals surface area contributed by atoms with Crippen molar-refractivity contribution in [3.8, 4) is 5.75 Å². The van der Waals surface area contributed by atoms with E-state index in [1.807, 2.05) is 13.8 Å². The van der Waals surface area contributed by atoms with Gasteiger partial charge in [0.25, 0.3) is 0 Å². The molecule has 0 aromatic heterocycles. The molecule has 0 radical (unpaired) electrons. The normalized spacial score (nSPS) is 12.6. The summed E-state index contributed by atoms with van der Waals surface area (Å²) in [5, 5.41) is 0. The third kappa shape index (κ3) is 5.30. The van der Waals surface area contributed by atoms with Crippen LogP contribution in [0.1, 0.15) is 19.4 Å². The van der Waals surface area contributed by atoms with E-state index < -0.39 is 6.61 Å². The average Bonchev–Trinajstić information content (AvgIpc) is 2.40. The average molecular weight is 300 g/mol. The Hall–Kier alpha value is -1.69. The zero-order valence-corrected chi connectivity index (χ0v) is 12.6. The van der Waals surface area contributed by atoms with Gasteiger partial charge >= 0.3 is 6.61 Å². The third-order valence-corrected chi connectivity index (χ3v) is 3.32. The van der Waals surface area contributed by atoms with E-state index in [2.05, 4.69) is 4.74 Å². The van der Waals surface area contributed by atoms with Crippen LogP contribution in [0, 0.1) is 11.8 Å². The lowest BCUT2D eigenvalue weighted by Gasteiger charge is -2.25. The molecule has 1 aromatic carbocycles. The number of carbonyl (C=O) groups is 1. The number of hydrogen-bond donors (Lipinski definition) is 1. The molecule has 0 saturated carbocycles. The van der Waals surface area contributed by atoms with E-state index in [9.17, 15) is 13.6 Å². The summed E-state index contributed by atoms with van der Waals surface area (Å²) < 4.78 is 28.4. The summed E-state index contributed by atoms with van der Waals surface area (Å²) in [5.74, 6) is 0.0494. The van der Waals surface area contributed by atoms with E-state index in [0.717, 1.165) is 5.56 Å². The SMILES string of the molecule is CC(C)C(CN)C(=O)N(C)Cc1ccc(OC(F)F)cc1. The zero-order chi connectivity index (χ0) is 16.0. The van der Waals surface area contributed by atoms with Crippen molar-refractivity contribution in [2.75, 3.05) is 13.6 Å². The Balaban J connectivity index is 2.65. The second-order valence-electron chi connectivity index (χ2n) is 5.30. The van der Waals surface area contributed by atoms with Crippen LogP contribution in [0.2, 0.25) is 0 Å². The molecule has 0 aliphatic rings. The number of nitrogens with zero attached hydrogens (tertiary/aromatic N) is 1. The predicted molar refractivity (Wildman–Crippen MR) is 76.9 cm³/mol. The van der Waals surface area contributed by atoms with Gasteiger partial charge in [-0.25, -0.2) is 0 Å². The molecule has 1 unspecified atom stereocenters. The standard InChI is InChI=1S/C15H22F2N2O2/c1-10(2)13(8-18)14(20)19(3)9-11-4-6-12(7-5-11)21-15(16)17/h4-7,10,13,15H,8-9,18H2,1-3H3. The van der Waals surface area contributed by atoms with Crippen LogP contribution in [-0.2, 0) is 11.3 Å². The quantitative estimate of drug-likeness (QED) is 0.841. The molecule has 1 rings (SSSR count). The number of amides is 1.